The van der Waals surface area contributed by atoms with Gasteiger partial charge in [-0.15, -0.1) is 5.06 Å². The van der Waals surface area contributed by atoms with Crippen molar-refractivity contribution >= 4 is 40.9 Å². The Bertz CT molecular complexity index is 991. The van der Waals surface area contributed by atoms with Crippen LogP contribution in [-0.4, -0.2) is 52.5 Å². The molecule has 1 fully saturated rings. The Balaban J connectivity index is 1.38. The molecule has 1 unspecified atom stereocenters. The van der Waals surface area contributed by atoms with E-state index in [4.69, 9.17) is 28.0 Å². The van der Waals surface area contributed by atoms with Crippen molar-refractivity contribution in [3.8, 4) is 5.75 Å². The van der Waals surface area contributed by atoms with E-state index in [1.54, 1.807) is 29.2 Å². The lowest BCUT2D eigenvalue weighted by Gasteiger charge is -2.19. The van der Waals surface area contributed by atoms with Crippen molar-refractivity contribution < 1.29 is 24.3 Å². The van der Waals surface area contributed by atoms with Gasteiger partial charge in [0.25, 0.3) is 11.8 Å². The summed E-state index contributed by atoms with van der Waals surface area (Å²) >= 11 is 12.2. The van der Waals surface area contributed by atoms with E-state index < -0.39 is 11.8 Å². The van der Waals surface area contributed by atoms with Crippen LogP contribution in [-0.2, 0) is 9.63 Å². The number of hydrogen-bond acceptors (Lipinski definition) is 5. The molecular formula is C20H16Cl2N2O5. The molecule has 0 spiro atoms. The van der Waals surface area contributed by atoms with E-state index in [2.05, 4.69) is 0 Å². The van der Waals surface area contributed by atoms with Gasteiger partial charge in [-0.1, -0.05) is 35.3 Å². The van der Waals surface area contributed by atoms with Crippen LogP contribution in [0, 0.1) is 0 Å². The number of aromatic hydroxyl groups is 1. The summed E-state index contributed by atoms with van der Waals surface area (Å²) in [6, 6.07) is 9.42. The maximum atomic E-state index is 12.4. The number of benzene rings is 2. The molecule has 9 heteroatoms. The minimum absolute atomic E-state index is 0.0127. The fourth-order valence-electron chi connectivity index (χ4n) is 3.65. The van der Waals surface area contributed by atoms with E-state index >= 15 is 0 Å². The Kier molecular flexibility index (Phi) is 5.21. The number of phenols is 1. The zero-order valence-electron chi connectivity index (χ0n) is 15.1. The summed E-state index contributed by atoms with van der Waals surface area (Å²) in [6.07, 6.45) is 0.167. The molecule has 7 nitrogen and oxygen atoms in total. The number of carbonyl (C=O) groups excluding carboxylic acids is 3. The number of nitrogens with zero attached hydrogens (tertiary/aromatic N) is 2. The number of amides is 3. The minimum Gasteiger partial charge on any atom is -0.508 e. The molecule has 1 saturated heterocycles. The molecular weight excluding hydrogens is 419 g/mol. The van der Waals surface area contributed by atoms with Gasteiger partial charge in [0.05, 0.1) is 27.8 Å². The molecule has 1 atom stereocenters. The Morgan fingerprint density at radius 1 is 1.03 bits per heavy atom. The largest absolute Gasteiger partial charge is 0.508 e. The molecule has 1 N–H and O–H groups in total. The first-order valence-corrected chi connectivity index (χ1v) is 9.69. The average molecular weight is 435 g/mol. The molecule has 0 aromatic heterocycles. The van der Waals surface area contributed by atoms with E-state index in [-0.39, 0.29) is 42.2 Å². The summed E-state index contributed by atoms with van der Waals surface area (Å²) in [4.78, 5) is 43.9. The summed E-state index contributed by atoms with van der Waals surface area (Å²) < 4.78 is 0. The first-order chi connectivity index (χ1) is 13.9. The van der Waals surface area contributed by atoms with Crippen molar-refractivity contribution in [3.05, 3.63) is 63.1 Å². The van der Waals surface area contributed by atoms with Crippen molar-refractivity contribution in [1.29, 1.82) is 0 Å². The van der Waals surface area contributed by atoms with Crippen LogP contribution in [0.4, 0.5) is 0 Å². The van der Waals surface area contributed by atoms with Crippen LogP contribution in [0.1, 0.15) is 38.6 Å². The molecule has 0 aliphatic carbocycles. The van der Waals surface area contributed by atoms with Crippen LogP contribution in [0.2, 0.25) is 10.0 Å². The van der Waals surface area contributed by atoms with Gasteiger partial charge in [0.15, 0.2) is 0 Å². The standard InChI is InChI=1S/C20H16Cl2N2O5/c21-14-5-6-15(25)17(18(14)22)11-9-16(26)23(10-11)7-8-29-24-19(27)12-3-1-2-4-13(12)20(24)28/h1-6,11,25H,7-10H2. The normalized spacial score (nSPS) is 18.7. The van der Waals surface area contributed by atoms with Gasteiger partial charge in [0, 0.05) is 31.0 Å². The van der Waals surface area contributed by atoms with E-state index in [0.717, 1.165) is 5.06 Å². The SMILES string of the molecule is O=C1CC(c2c(O)ccc(Cl)c2Cl)CN1CCON1C(=O)c2ccccc2C1=O. The van der Waals surface area contributed by atoms with Crippen LogP contribution in [0.15, 0.2) is 36.4 Å². The van der Waals surface area contributed by atoms with E-state index in [1.165, 1.54) is 12.1 Å². The highest BCUT2D eigenvalue weighted by molar-refractivity contribution is 6.42. The fourth-order valence-corrected chi connectivity index (χ4v) is 4.13. The van der Waals surface area contributed by atoms with Gasteiger partial charge < -0.3 is 10.0 Å². The maximum absolute atomic E-state index is 12.4. The maximum Gasteiger partial charge on any atom is 0.285 e. The molecule has 3 amide bonds. The van der Waals surface area contributed by atoms with E-state index in [0.29, 0.717) is 28.3 Å². The molecule has 2 aliphatic rings. The highest BCUT2D eigenvalue weighted by Gasteiger charge is 2.37. The van der Waals surface area contributed by atoms with Gasteiger partial charge in [0.1, 0.15) is 5.75 Å². The highest BCUT2D eigenvalue weighted by Crippen LogP contribution is 2.41. The van der Waals surface area contributed by atoms with Crippen LogP contribution in [0.3, 0.4) is 0 Å². The third-order valence-electron chi connectivity index (χ3n) is 5.07. The fraction of sp³-hybridized carbons (Fsp3) is 0.250. The third-order valence-corrected chi connectivity index (χ3v) is 5.89. The molecule has 4 rings (SSSR count). The van der Waals surface area contributed by atoms with Crippen molar-refractivity contribution in [1.82, 2.24) is 9.96 Å². The quantitative estimate of drug-likeness (QED) is 0.729. The van der Waals surface area contributed by atoms with Crippen LogP contribution in [0.5, 0.6) is 5.75 Å². The minimum atomic E-state index is -0.521. The number of hydrogen-bond donors (Lipinski definition) is 1. The monoisotopic (exact) mass is 434 g/mol. The number of carbonyl (C=O) groups is 3. The molecule has 2 aromatic rings. The molecule has 2 aromatic carbocycles. The van der Waals surface area contributed by atoms with Crippen molar-refractivity contribution in [2.45, 2.75) is 12.3 Å². The molecule has 0 saturated carbocycles. The molecule has 150 valence electrons. The van der Waals surface area contributed by atoms with Crippen LogP contribution in [0.25, 0.3) is 0 Å². The predicted octanol–water partition coefficient (Wildman–Crippen LogP) is 3.24. The summed E-state index contributed by atoms with van der Waals surface area (Å²) in [6.45, 7) is 0.471. The molecule has 2 heterocycles. The van der Waals surface area contributed by atoms with Gasteiger partial charge in [-0.05, 0) is 24.3 Å². The first kappa shape index (κ1) is 19.7. The Labute approximate surface area is 176 Å². The zero-order valence-corrected chi connectivity index (χ0v) is 16.6. The van der Waals surface area contributed by atoms with Crippen LogP contribution >= 0.6 is 23.2 Å². The van der Waals surface area contributed by atoms with Crippen molar-refractivity contribution in [2.24, 2.45) is 0 Å². The molecule has 0 bridgehead atoms. The molecule has 0 radical (unpaired) electrons. The zero-order chi connectivity index (χ0) is 20.7. The summed E-state index contributed by atoms with van der Waals surface area (Å²) in [5.74, 6) is -1.51. The van der Waals surface area contributed by atoms with E-state index in [9.17, 15) is 19.5 Å². The van der Waals surface area contributed by atoms with E-state index in [1.807, 2.05) is 0 Å². The van der Waals surface area contributed by atoms with Crippen molar-refractivity contribution in [2.75, 3.05) is 19.7 Å². The van der Waals surface area contributed by atoms with Crippen molar-refractivity contribution in [3.63, 3.8) is 0 Å². The summed E-state index contributed by atoms with van der Waals surface area (Å²) in [7, 11) is 0. The van der Waals surface area contributed by atoms with Crippen LogP contribution < -0.4 is 0 Å². The second kappa shape index (κ2) is 7.67. The molecule has 2 aliphatic heterocycles. The first-order valence-electron chi connectivity index (χ1n) is 8.94. The predicted molar refractivity (Wildman–Crippen MR) is 105 cm³/mol. The number of rotatable bonds is 5. The van der Waals surface area contributed by atoms with Gasteiger partial charge in [-0.3, -0.25) is 19.2 Å². The second-order valence-corrected chi connectivity index (χ2v) is 7.60. The Hall–Kier alpha value is -2.61. The van der Waals surface area contributed by atoms with Gasteiger partial charge in [-0.25, -0.2) is 0 Å². The topological polar surface area (TPSA) is 87.2 Å². The third kappa shape index (κ3) is 3.46. The van der Waals surface area contributed by atoms with Gasteiger partial charge in [-0.2, -0.15) is 0 Å². The Morgan fingerprint density at radius 3 is 2.34 bits per heavy atom. The van der Waals surface area contributed by atoms with Gasteiger partial charge >= 0.3 is 0 Å². The summed E-state index contributed by atoms with van der Waals surface area (Å²) in [5.41, 5.74) is 1.03. The number of phenolic OH excluding ortho intramolecular Hbond substituents is 1. The number of likely N-dealkylation sites (tertiary alicyclic amines) is 1. The smallest absolute Gasteiger partial charge is 0.285 e. The number of fused-ring (bicyclic) bond motifs is 1. The average Bonchev–Trinajstić information content (AvgIpc) is 3.18. The lowest BCUT2D eigenvalue weighted by Crippen LogP contribution is -2.35. The lowest BCUT2D eigenvalue weighted by molar-refractivity contribution is -0.131. The number of hydroxylamine groups is 2. The summed E-state index contributed by atoms with van der Waals surface area (Å²) in [5, 5.41) is 11.4. The number of imide groups is 1. The highest BCUT2D eigenvalue weighted by atomic mass is 35.5. The molecule has 29 heavy (non-hydrogen) atoms. The van der Waals surface area contributed by atoms with Gasteiger partial charge in [0.2, 0.25) is 5.91 Å². The second-order valence-electron chi connectivity index (χ2n) is 6.82. The lowest BCUT2D eigenvalue weighted by atomic mass is 9.97. The number of halogens is 2. The Morgan fingerprint density at radius 2 is 1.69 bits per heavy atom.